The highest BCUT2D eigenvalue weighted by Gasteiger charge is 2.20. The molecule has 0 aliphatic heterocycles. The van der Waals surface area contributed by atoms with Gasteiger partial charge in [0.15, 0.2) is 11.5 Å². The molecule has 6 nitrogen and oxygen atoms in total. The minimum Gasteiger partial charge on any atom is -0.261 e. The number of benzene rings is 2. The summed E-state index contributed by atoms with van der Waals surface area (Å²) in [4.78, 5) is 4.95. The number of anilines is 1. The molecule has 2 aromatic heterocycles. The van der Waals surface area contributed by atoms with Crippen LogP contribution in [0.1, 0.15) is 18.1 Å². The summed E-state index contributed by atoms with van der Waals surface area (Å²) in [5, 5.41) is 6.09. The predicted octanol–water partition coefficient (Wildman–Crippen LogP) is 4.02. The highest BCUT2D eigenvalue weighted by atomic mass is 32.2. The highest BCUT2D eigenvalue weighted by molar-refractivity contribution is 7.92. The molecule has 0 saturated carbocycles. The van der Waals surface area contributed by atoms with Gasteiger partial charge in [-0.15, -0.1) is 0 Å². The van der Waals surface area contributed by atoms with Gasteiger partial charge in [-0.2, -0.15) is 5.10 Å². The molecule has 0 saturated heterocycles. The van der Waals surface area contributed by atoms with Gasteiger partial charge >= 0.3 is 0 Å². The third-order valence-electron chi connectivity index (χ3n) is 4.61. The number of nitrogens with zero attached hydrogens (tertiary/aromatic N) is 3. The van der Waals surface area contributed by atoms with E-state index in [1.54, 1.807) is 28.9 Å². The molecule has 2 aromatic carbocycles. The van der Waals surface area contributed by atoms with Crippen LogP contribution in [0.3, 0.4) is 0 Å². The van der Waals surface area contributed by atoms with Crippen LogP contribution in [-0.4, -0.2) is 23.2 Å². The first kappa shape index (κ1) is 17.5. The molecule has 1 N–H and O–H groups in total. The van der Waals surface area contributed by atoms with Gasteiger partial charge in [0.1, 0.15) is 0 Å². The molecule has 2 heterocycles. The Balaban J connectivity index is 1.87. The second-order valence-electron chi connectivity index (χ2n) is 6.59. The quantitative estimate of drug-likeness (QED) is 0.580. The van der Waals surface area contributed by atoms with E-state index in [1.165, 1.54) is 0 Å². The van der Waals surface area contributed by atoms with Crippen molar-refractivity contribution in [2.75, 3.05) is 4.72 Å². The minimum absolute atomic E-state index is 0.205. The van der Waals surface area contributed by atoms with Crippen LogP contribution < -0.4 is 4.72 Å². The Hall–Kier alpha value is -2.93. The van der Waals surface area contributed by atoms with Gasteiger partial charge < -0.3 is 0 Å². The molecule has 0 amide bonds. The average molecular weight is 380 g/mol. The lowest BCUT2D eigenvalue weighted by Gasteiger charge is -2.06. The summed E-state index contributed by atoms with van der Waals surface area (Å²) in [6.45, 7) is 6.47. The van der Waals surface area contributed by atoms with E-state index in [0.29, 0.717) is 23.4 Å². The second kappa shape index (κ2) is 6.35. The number of aromatic nitrogens is 3. The first-order valence-corrected chi connectivity index (χ1v) is 10.2. The number of pyridine rings is 1. The summed E-state index contributed by atoms with van der Waals surface area (Å²) in [6.07, 6.45) is 0. The van der Waals surface area contributed by atoms with Crippen molar-refractivity contribution in [3.63, 3.8) is 0 Å². The van der Waals surface area contributed by atoms with Crippen LogP contribution >= 0.6 is 0 Å². The van der Waals surface area contributed by atoms with E-state index in [-0.39, 0.29) is 4.90 Å². The molecule has 4 aromatic rings. The molecule has 0 aliphatic carbocycles. The van der Waals surface area contributed by atoms with Crippen molar-refractivity contribution in [3.8, 4) is 0 Å². The monoisotopic (exact) mass is 380 g/mol. The number of fused-ring (bicyclic) bond motifs is 2. The Morgan fingerprint density at radius 2 is 1.81 bits per heavy atom. The van der Waals surface area contributed by atoms with Gasteiger partial charge in [-0.3, -0.25) is 4.72 Å². The van der Waals surface area contributed by atoms with E-state index >= 15 is 0 Å². The van der Waals surface area contributed by atoms with Gasteiger partial charge in [0.05, 0.1) is 15.8 Å². The first-order chi connectivity index (χ1) is 12.9. The zero-order valence-corrected chi connectivity index (χ0v) is 16.2. The van der Waals surface area contributed by atoms with Crippen LogP contribution in [0.4, 0.5) is 5.82 Å². The molecule has 27 heavy (non-hydrogen) atoms. The number of sulfonamides is 1. The summed E-state index contributed by atoms with van der Waals surface area (Å²) in [5.41, 5.74) is 3.63. The highest BCUT2D eigenvalue weighted by Crippen LogP contribution is 2.28. The number of para-hydroxylation sites is 1. The smallest absolute Gasteiger partial charge is 0.261 e. The van der Waals surface area contributed by atoms with Gasteiger partial charge in [-0.1, -0.05) is 35.9 Å². The van der Waals surface area contributed by atoms with Crippen molar-refractivity contribution < 1.29 is 8.42 Å². The third-order valence-corrected chi connectivity index (χ3v) is 5.96. The SMILES string of the molecule is CCn1nc(NS(=O)(=O)c2ccc(C)cc2)c2cc3cccc(C)c3nc21. The number of hydrogen-bond acceptors (Lipinski definition) is 4. The van der Waals surface area contributed by atoms with E-state index in [4.69, 9.17) is 4.98 Å². The number of nitrogens with one attached hydrogen (secondary N) is 1. The Kier molecular flexibility index (Phi) is 4.11. The van der Waals surface area contributed by atoms with Crippen molar-refractivity contribution >= 4 is 37.8 Å². The maximum Gasteiger partial charge on any atom is 0.263 e. The molecule has 0 unspecified atom stereocenters. The number of aryl methyl sites for hydroxylation is 3. The van der Waals surface area contributed by atoms with Gasteiger partial charge in [-0.05, 0) is 44.5 Å². The van der Waals surface area contributed by atoms with E-state index < -0.39 is 10.0 Å². The standard InChI is InChI=1S/C20H20N4O2S/c1-4-24-20-17(12-15-7-5-6-14(3)18(15)21-20)19(22-24)23-27(25,26)16-10-8-13(2)9-11-16/h5-12H,4H2,1-3H3,(H,22,23). The van der Waals surface area contributed by atoms with E-state index in [2.05, 4.69) is 9.82 Å². The van der Waals surface area contributed by atoms with E-state index in [9.17, 15) is 8.42 Å². The fraction of sp³-hybridized carbons (Fsp3) is 0.200. The van der Waals surface area contributed by atoms with Crippen molar-refractivity contribution in [2.24, 2.45) is 0 Å². The van der Waals surface area contributed by atoms with Gasteiger partial charge in [0.2, 0.25) is 0 Å². The van der Waals surface area contributed by atoms with E-state index in [0.717, 1.165) is 22.0 Å². The van der Waals surface area contributed by atoms with Crippen LogP contribution in [-0.2, 0) is 16.6 Å². The lowest BCUT2D eigenvalue weighted by molar-refractivity contribution is 0.600. The summed E-state index contributed by atoms with van der Waals surface area (Å²) in [6, 6.07) is 14.6. The number of hydrogen-bond donors (Lipinski definition) is 1. The molecule has 138 valence electrons. The van der Waals surface area contributed by atoms with Crippen LogP contribution in [0.25, 0.3) is 21.9 Å². The lowest BCUT2D eigenvalue weighted by Crippen LogP contribution is -2.13. The fourth-order valence-electron chi connectivity index (χ4n) is 3.13. The third kappa shape index (κ3) is 3.04. The number of rotatable bonds is 4. The van der Waals surface area contributed by atoms with Crippen LogP contribution in [0.15, 0.2) is 53.4 Å². The molecular weight excluding hydrogens is 360 g/mol. The van der Waals surface area contributed by atoms with Crippen molar-refractivity contribution in [1.82, 2.24) is 14.8 Å². The lowest BCUT2D eigenvalue weighted by atomic mass is 10.1. The molecule has 0 atom stereocenters. The van der Waals surface area contributed by atoms with Gasteiger partial charge in [-0.25, -0.2) is 18.1 Å². The topological polar surface area (TPSA) is 76.9 Å². The van der Waals surface area contributed by atoms with Crippen LogP contribution in [0, 0.1) is 13.8 Å². The maximum absolute atomic E-state index is 12.8. The summed E-state index contributed by atoms with van der Waals surface area (Å²) < 4.78 is 29.9. The molecule has 0 radical (unpaired) electrons. The Bertz CT molecular complexity index is 1260. The molecule has 0 spiro atoms. The van der Waals surface area contributed by atoms with Crippen molar-refractivity contribution in [2.45, 2.75) is 32.2 Å². The Morgan fingerprint density at radius 3 is 2.52 bits per heavy atom. The Morgan fingerprint density at radius 1 is 1.07 bits per heavy atom. The van der Waals surface area contributed by atoms with Gasteiger partial charge in [0, 0.05) is 11.9 Å². The molecule has 0 bridgehead atoms. The maximum atomic E-state index is 12.8. The molecular formula is C20H20N4O2S. The van der Waals surface area contributed by atoms with Crippen LogP contribution in [0.2, 0.25) is 0 Å². The molecule has 7 heteroatoms. The predicted molar refractivity (Wildman–Crippen MR) is 107 cm³/mol. The summed E-state index contributed by atoms with van der Waals surface area (Å²) in [5.74, 6) is 0.295. The van der Waals surface area contributed by atoms with E-state index in [1.807, 2.05) is 45.0 Å². The zero-order valence-electron chi connectivity index (χ0n) is 15.4. The minimum atomic E-state index is -3.73. The van der Waals surface area contributed by atoms with Crippen molar-refractivity contribution in [1.29, 1.82) is 0 Å². The molecule has 0 aliphatic rings. The molecule has 0 fully saturated rings. The van der Waals surface area contributed by atoms with Gasteiger partial charge in [0.25, 0.3) is 10.0 Å². The summed E-state index contributed by atoms with van der Waals surface area (Å²) in [7, 11) is -3.73. The van der Waals surface area contributed by atoms with Crippen molar-refractivity contribution in [3.05, 3.63) is 59.7 Å². The second-order valence-corrected chi connectivity index (χ2v) is 8.27. The van der Waals surface area contributed by atoms with Crippen LogP contribution in [0.5, 0.6) is 0 Å². The zero-order chi connectivity index (χ0) is 19.2. The summed E-state index contributed by atoms with van der Waals surface area (Å²) >= 11 is 0. The Labute approximate surface area is 157 Å². The first-order valence-electron chi connectivity index (χ1n) is 8.75. The normalized spacial score (nSPS) is 12.0. The fourth-order valence-corrected chi connectivity index (χ4v) is 4.15. The average Bonchev–Trinajstić information content (AvgIpc) is 2.97. The molecule has 4 rings (SSSR count). The largest absolute Gasteiger partial charge is 0.263 e.